The number of nitrogens with zero attached hydrogens (tertiary/aromatic N) is 2. The number of hydrogen-bond acceptors (Lipinski definition) is 8. The molecule has 10 heteroatoms. The summed E-state index contributed by atoms with van der Waals surface area (Å²) >= 11 is 1.51. The molecule has 0 saturated heterocycles. The van der Waals surface area contributed by atoms with Crippen LogP contribution in [0.2, 0.25) is 0 Å². The molecule has 0 saturated carbocycles. The minimum Gasteiger partial charge on any atom is -0.744 e. The van der Waals surface area contributed by atoms with Crippen LogP contribution in [0.3, 0.4) is 0 Å². The summed E-state index contributed by atoms with van der Waals surface area (Å²) in [5.74, 6) is 0.292. The van der Waals surface area contributed by atoms with E-state index in [0.29, 0.717) is 5.75 Å². The maximum atomic E-state index is 11.0. The molecule has 7 nitrogen and oxygen atoms in total. The first-order valence-corrected chi connectivity index (χ1v) is 9.47. The minimum atomic E-state index is -4.50. The van der Waals surface area contributed by atoms with E-state index in [0.717, 1.165) is 21.3 Å². The third-order valence-electron chi connectivity index (χ3n) is 3.24. The molecule has 0 fully saturated rings. The van der Waals surface area contributed by atoms with Crippen LogP contribution in [-0.4, -0.2) is 29.9 Å². The van der Waals surface area contributed by atoms with Gasteiger partial charge in [-0.2, -0.15) is 0 Å². The van der Waals surface area contributed by atoms with E-state index >= 15 is 0 Å². The first-order valence-electron chi connectivity index (χ1n) is 7.25. The first kappa shape index (κ1) is 21.4. The molecule has 130 valence electrons. The van der Waals surface area contributed by atoms with E-state index in [1.54, 1.807) is 6.07 Å². The second-order valence-corrected chi connectivity index (χ2v) is 7.66. The predicted molar refractivity (Wildman–Crippen MR) is 93.6 cm³/mol. The number of ether oxygens (including phenoxy) is 1. The fraction of sp³-hybridized carbons (Fsp3) is 0.125. The maximum absolute atomic E-state index is 11.0. The molecule has 1 heterocycles. The average Bonchev–Trinajstić information content (AvgIpc) is 3.01. The Labute approximate surface area is 198 Å². The van der Waals surface area contributed by atoms with Crippen molar-refractivity contribution in [2.45, 2.75) is 11.8 Å². The van der Waals surface area contributed by atoms with Gasteiger partial charge in [0.2, 0.25) is 0 Å². The molecular formula is C16H14KN3O4S2. The van der Waals surface area contributed by atoms with Crippen LogP contribution in [0.15, 0.2) is 53.4 Å². The van der Waals surface area contributed by atoms with Crippen molar-refractivity contribution in [3.8, 4) is 16.3 Å². The van der Waals surface area contributed by atoms with Crippen LogP contribution >= 0.6 is 11.3 Å². The predicted octanol–water partition coefficient (Wildman–Crippen LogP) is -0.130. The van der Waals surface area contributed by atoms with Gasteiger partial charge in [-0.15, -0.1) is 10.2 Å². The summed E-state index contributed by atoms with van der Waals surface area (Å²) in [6.45, 7) is 2.01. The van der Waals surface area contributed by atoms with Crippen molar-refractivity contribution in [3.05, 3.63) is 53.5 Å². The van der Waals surface area contributed by atoms with Gasteiger partial charge in [0, 0.05) is 11.3 Å². The van der Waals surface area contributed by atoms with Crippen LogP contribution in [0.4, 0.5) is 5.69 Å². The Bertz CT molecular complexity index is 992. The van der Waals surface area contributed by atoms with E-state index in [1.165, 1.54) is 29.5 Å². The minimum absolute atomic E-state index is 0. The van der Waals surface area contributed by atoms with Crippen molar-refractivity contribution in [3.63, 3.8) is 0 Å². The van der Waals surface area contributed by atoms with Gasteiger partial charge in [0.25, 0.3) is 0 Å². The molecule has 0 radical (unpaired) electrons. The molecule has 3 aromatic rings. The topological polar surface area (TPSA) is 104 Å². The molecule has 2 aromatic carbocycles. The zero-order valence-electron chi connectivity index (χ0n) is 14.2. The van der Waals surface area contributed by atoms with Crippen molar-refractivity contribution in [1.82, 2.24) is 10.2 Å². The van der Waals surface area contributed by atoms with E-state index in [1.807, 2.05) is 31.2 Å². The Hall–Kier alpha value is -0.854. The Morgan fingerprint density at radius 1 is 1.15 bits per heavy atom. The summed E-state index contributed by atoms with van der Waals surface area (Å²) in [6, 6.07) is 13.1. The SMILES string of the molecule is Cc1nnc(-c2cccc(NCOc3cccc(S(=O)(=O)[O-])c3)c2)s1.[K+]. The molecule has 1 N–H and O–H groups in total. The van der Waals surface area contributed by atoms with E-state index in [-0.39, 0.29) is 63.0 Å². The van der Waals surface area contributed by atoms with Crippen LogP contribution < -0.4 is 61.4 Å². The maximum Gasteiger partial charge on any atom is 1.00 e. The Kier molecular flexibility index (Phi) is 7.73. The summed E-state index contributed by atoms with van der Waals surface area (Å²) in [5.41, 5.74) is 1.76. The van der Waals surface area contributed by atoms with Gasteiger partial charge in [-0.25, -0.2) is 8.42 Å². The van der Waals surface area contributed by atoms with Gasteiger partial charge in [-0.1, -0.05) is 29.5 Å². The monoisotopic (exact) mass is 415 g/mol. The third-order valence-corrected chi connectivity index (χ3v) is 4.96. The molecule has 0 unspecified atom stereocenters. The Morgan fingerprint density at radius 3 is 2.62 bits per heavy atom. The first-order chi connectivity index (χ1) is 11.9. The van der Waals surface area contributed by atoms with Crippen LogP contribution in [0.5, 0.6) is 5.75 Å². The van der Waals surface area contributed by atoms with Crippen LogP contribution in [0, 0.1) is 6.92 Å². The fourth-order valence-corrected chi connectivity index (χ4v) is 3.29. The summed E-state index contributed by atoms with van der Waals surface area (Å²) in [6.07, 6.45) is 0. The van der Waals surface area contributed by atoms with Gasteiger partial charge >= 0.3 is 51.4 Å². The molecule has 0 bridgehead atoms. The van der Waals surface area contributed by atoms with E-state index in [4.69, 9.17) is 4.74 Å². The van der Waals surface area contributed by atoms with Gasteiger partial charge in [0.05, 0.1) is 4.90 Å². The van der Waals surface area contributed by atoms with Crippen LogP contribution in [-0.2, 0) is 10.1 Å². The Morgan fingerprint density at radius 2 is 1.92 bits per heavy atom. The summed E-state index contributed by atoms with van der Waals surface area (Å²) < 4.78 is 38.5. The second-order valence-electron chi connectivity index (χ2n) is 5.10. The molecule has 0 spiro atoms. The quantitative estimate of drug-likeness (QED) is 0.340. The molecule has 0 aliphatic carbocycles. The van der Waals surface area contributed by atoms with Gasteiger partial charge in [-0.3, -0.25) is 0 Å². The van der Waals surface area contributed by atoms with E-state index in [2.05, 4.69) is 15.5 Å². The molecule has 26 heavy (non-hydrogen) atoms. The average molecular weight is 416 g/mol. The smallest absolute Gasteiger partial charge is 0.744 e. The summed E-state index contributed by atoms with van der Waals surface area (Å²) in [5, 5.41) is 12.9. The molecule has 0 amide bonds. The number of rotatable bonds is 6. The molecule has 3 rings (SSSR count). The largest absolute Gasteiger partial charge is 1.00 e. The summed E-state index contributed by atoms with van der Waals surface area (Å²) in [7, 11) is -4.50. The van der Waals surface area contributed by atoms with Crippen molar-refractivity contribution in [1.29, 1.82) is 0 Å². The fourth-order valence-electron chi connectivity index (χ4n) is 2.10. The molecule has 0 aliphatic rings. The number of nitrogens with one attached hydrogen (secondary N) is 1. The van der Waals surface area contributed by atoms with Gasteiger partial charge in [-0.05, 0) is 37.3 Å². The molecular weight excluding hydrogens is 401 g/mol. The van der Waals surface area contributed by atoms with Gasteiger partial charge in [0.1, 0.15) is 25.9 Å². The van der Waals surface area contributed by atoms with Crippen molar-refractivity contribution < 1.29 is 69.1 Å². The van der Waals surface area contributed by atoms with Gasteiger partial charge < -0.3 is 14.6 Å². The van der Waals surface area contributed by atoms with Crippen molar-refractivity contribution in [2.24, 2.45) is 0 Å². The number of benzene rings is 2. The third kappa shape index (κ3) is 5.83. The molecule has 0 atom stereocenters. The number of aryl methyl sites for hydroxylation is 1. The van der Waals surface area contributed by atoms with E-state index in [9.17, 15) is 13.0 Å². The van der Waals surface area contributed by atoms with Crippen LogP contribution in [0.25, 0.3) is 10.6 Å². The van der Waals surface area contributed by atoms with Crippen LogP contribution in [0.1, 0.15) is 5.01 Å². The Balaban J connectivity index is 0.00000243. The number of aromatic nitrogens is 2. The number of anilines is 1. The number of hydrogen-bond donors (Lipinski definition) is 1. The molecule has 0 aliphatic heterocycles. The zero-order chi connectivity index (χ0) is 17.9. The second kappa shape index (κ2) is 9.38. The normalized spacial score (nSPS) is 10.8. The van der Waals surface area contributed by atoms with Crippen molar-refractivity contribution >= 4 is 27.1 Å². The summed E-state index contributed by atoms with van der Waals surface area (Å²) in [4.78, 5) is -0.321. The zero-order valence-corrected chi connectivity index (χ0v) is 18.9. The van der Waals surface area contributed by atoms with Gasteiger partial charge in [0.15, 0.2) is 6.73 Å². The van der Waals surface area contributed by atoms with Crippen molar-refractivity contribution in [2.75, 3.05) is 12.0 Å². The molecule has 1 aromatic heterocycles. The standard InChI is InChI=1S/C16H15N3O4S2.K/c1-11-18-19-16(24-11)12-4-2-5-13(8-12)17-10-23-14-6-3-7-15(9-14)25(20,21)22;/h2-9,17H,10H2,1H3,(H,20,21,22);/q;+1/p-1. The van der Waals surface area contributed by atoms with E-state index < -0.39 is 10.1 Å².